The van der Waals surface area contributed by atoms with Crippen LogP contribution in [0.1, 0.15) is 194 Å². The molecule has 368 valence electrons. The Hall–Kier alpha value is -4.48. The van der Waals surface area contributed by atoms with E-state index in [1.165, 1.54) is 32.1 Å². The van der Waals surface area contributed by atoms with Gasteiger partial charge in [-0.1, -0.05) is 217 Å². The molecular weight excluding hydrogens is 813 g/mol. The largest absolute Gasteiger partial charge is 0.462 e. The van der Waals surface area contributed by atoms with Gasteiger partial charge in [0.25, 0.3) is 0 Å². The Morgan fingerprint density at radius 3 is 0.924 bits per heavy atom. The minimum absolute atomic E-state index is 0.0975. The number of aliphatic hydroxyl groups excluding tert-OH is 1. The topological polar surface area (TPSA) is 72.8 Å². The molecule has 5 heteroatoms. The van der Waals surface area contributed by atoms with Crippen molar-refractivity contribution in [1.82, 2.24) is 0 Å². The fourth-order valence-corrected chi connectivity index (χ4v) is 6.48. The maximum absolute atomic E-state index is 12.3. The molecule has 5 nitrogen and oxygen atoms in total. The molecule has 0 heterocycles. The summed E-state index contributed by atoms with van der Waals surface area (Å²) in [5.41, 5.74) is 0. The summed E-state index contributed by atoms with van der Waals surface area (Å²) in [5, 5.41) is 9.63. The summed E-state index contributed by atoms with van der Waals surface area (Å²) in [4.78, 5) is 24.4. The van der Waals surface area contributed by atoms with E-state index in [2.05, 4.69) is 172 Å². The Morgan fingerprint density at radius 1 is 0.348 bits per heavy atom. The van der Waals surface area contributed by atoms with Crippen LogP contribution in [0.5, 0.6) is 0 Å². The van der Waals surface area contributed by atoms with Crippen molar-refractivity contribution in [1.29, 1.82) is 0 Å². The summed E-state index contributed by atoms with van der Waals surface area (Å²) in [7, 11) is 0. The van der Waals surface area contributed by atoms with Gasteiger partial charge in [-0.25, -0.2) is 0 Å². The molecule has 0 aliphatic rings. The van der Waals surface area contributed by atoms with Crippen LogP contribution in [-0.2, 0) is 19.1 Å². The first-order valence-electron chi connectivity index (χ1n) is 26.0. The maximum atomic E-state index is 12.3. The van der Waals surface area contributed by atoms with Gasteiger partial charge in [0.15, 0.2) is 6.10 Å². The number of ether oxygens (including phenoxy) is 2. The molecule has 1 atom stereocenters. The van der Waals surface area contributed by atoms with E-state index >= 15 is 0 Å². The van der Waals surface area contributed by atoms with Gasteiger partial charge in [0.1, 0.15) is 6.61 Å². The zero-order valence-electron chi connectivity index (χ0n) is 41.9. The predicted octanol–water partition coefficient (Wildman–Crippen LogP) is 17.6. The summed E-state index contributed by atoms with van der Waals surface area (Å²) >= 11 is 0. The molecule has 0 fully saturated rings. The molecule has 0 aromatic rings. The number of unbranched alkanes of at least 4 members (excludes halogenated alkanes) is 11. The van der Waals surface area contributed by atoms with Crippen molar-refractivity contribution in [2.24, 2.45) is 0 Å². The van der Waals surface area contributed by atoms with Crippen LogP contribution in [0.15, 0.2) is 158 Å². The van der Waals surface area contributed by atoms with Crippen molar-refractivity contribution in [2.75, 3.05) is 13.2 Å². The molecule has 66 heavy (non-hydrogen) atoms. The molecule has 0 aromatic heterocycles. The predicted molar refractivity (Wildman–Crippen MR) is 287 cm³/mol. The molecule has 0 saturated heterocycles. The fourth-order valence-electron chi connectivity index (χ4n) is 6.48. The maximum Gasteiger partial charge on any atom is 0.306 e. The summed E-state index contributed by atoms with van der Waals surface area (Å²) in [5.74, 6) is -0.652. The summed E-state index contributed by atoms with van der Waals surface area (Å²) in [6, 6.07) is 0. The lowest BCUT2D eigenvalue weighted by molar-refractivity contribution is -0.161. The standard InChI is InChI=1S/C61H94O5/c1-3-5-7-9-11-13-15-17-19-21-23-24-25-26-27-28-29-30-31-32-33-34-35-36-38-40-42-44-46-48-50-52-54-56-61(64)66-59(57-62)58-65-60(63)55-53-51-49-47-45-43-41-39-37-22-20-18-16-14-12-10-8-6-4-2/h5-8,11-14,17-20,23-24,26-27,29-30,32-33,35-37,39,43,45,59,62H,3-4,9-10,15-16,21-22,25,28,31,34,38,40-42,44,46-58H2,1-2H3/b7-5-,8-6-,13-11-,14-12-,19-17-,20-18-,24-23-,27-26-,30-29-,33-32-,36-35-,39-37-,45-43-. The van der Waals surface area contributed by atoms with Crippen LogP contribution in [0.3, 0.4) is 0 Å². The average Bonchev–Trinajstić information content (AvgIpc) is 3.32. The summed E-state index contributed by atoms with van der Waals surface area (Å²) in [6.45, 7) is 3.86. The molecule has 1 unspecified atom stereocenters. The smallest absolute Gasteiger partial charge is 0.306 e. The number of hydrogen-bond acceptors (Lipinski definition) is 5. The second-order valence-corrected chi connectivity index (χ2v) is 16.5. The Labute approximate surface area is 405 Å². The van der Waals surface area contributed by atoms with Gasteiger partial charge < -0.3 is 14.6 Å². The number of esters is 2. The van der Waals surface area contributed by atoms with Crippen LogP contribution in [0.2, 0.25) is 0 Å². The molecule has 0 aromatic carbocycles. The van der Waals surface area contributed by atoms with Crippen LogP contribution >= 0.6 is 0 Å². The molecule has 0 aliphatic carbocycles. The first kappa shape index (κ1) is 61.5. The minimum atomic E-state index is -0.804. The van der Waals surface area contributed by atoms with Crippen molar-refractivity contribution in [3.8, 4) is 0 Å². The lowest BCUT2D eigenvalue weighted by Crippen LogP contribution is -2.28. The van der Waals surface area contributed by atoms with Crippen molar-refractivity contribution < 1.29 is 24.2 Å². The van der Waals surface area contributed by atoms with Crippen molar-refractivity contribution in [2.45, 2.75) is 200 Å². The van der Waals surface area contributed by atoms with Crippen LogP contribution in [0, 0.1) is 0 Å². The van der Waals surface area contributed by atoms with Gasteiger partial charge in [-0.15, -0.1) is 0 Å². The third-order valence-corrected chi connectivity index (χ3v) is 10.3. The van der Waals surface area contributed by atoms with Crippen LogP contribution in [0.4, 0.5) is 0 Å². The quantitative estimate of drug-likeness (QED) is 0.0374. The third-order valence-electron chi connectivity index (χ3n) is 10.3. The lowest BCUT2D eigenvalue weighted by Gasteiger charge is -2.15. The average molecular weight is 907 g/mol. The minimum Gasteiger partial charge on any atom is -0.462 e. The van der Waals surface area contributed by atoms with Crippen molar-refractivity contribution in [3.05, 3.63) is 158 Å². The van der Waals surface area contributed by atoms with Gasteiger partial charge in [-0.2, -0.15) is 0 Å². The van der Waals surface area contributed by atoms with Crippen molar-refractivity contribution in [3.63, 3.8) is 0 Å². The zero-order chi connectivity index (χ0) is 47.7. The molecule has 0 amide bonds. The Bertz CT molecular complexity index is 1490. The molecule has 0 spiro atoms. The van der Waals surface area contributed by atoms with Crippen LogP contribution < -0.4 is 0 Å². The molecule has 0 bridgehead atoms. The first-order chi connectivity index (χ1) is 32.6. The van der Waals surface area contributed by atoms with Crippen molar-refractivity contribution >= 4 is 11.9 Å². The molecular formula is C61H94O5. The summed E-state index contributed by atoms with van der Waals surface area (Å²) < 4.78 is 10.6. The Balaban J connectivity index is 3.66. The monoisotopic (exact) mass is 907 g/mol. The van der Waals surface area contributed by atoms with Crippen LogP contribution in [-0.4, -0.2) is 36.4 Å². The van der Waals surface area contributed by atoms with Gasteiger partial charge in [0.05, 0.1) is 6.61 Å². The molecule has 0 aliphatic heterocycles. The number of rotatable bonds is 45. The molecule has 0 radical (unpaired) electrons. The highest BCUT2D eigenvalue weighted by molar-refractivity contribution is 5.70. The number of hydrogen-bond donors (Lipinski definition) is 1. The zero-order valence-corrected chi connectivity index (χ0v) is 41.9. The number of aliphatic hydroxyl groups is 1. The number of allylic oxidation sites excluding steroid dienone is 26. The Kier molecular flexibility index (Phi) is 51.1. The summed E-state index contributed by atoms with van der Waals surface area (Å²) in [6.07, 6.45) is 84.7. The Morgan fingerprint density at radius 2 is 0.606 bits per heavy atom. The van der Waals surface area contributed by atoms with Gasteiger partial charge in [0.2, 0.25) is 0 Å². The van der Waals surface area contributed by atoms with E-state index in [1.54, 1.807) is 0 Å². The SMILES string of the molecule is CC/C=C\C/C=C\C/C=C\C/C=C\C/C=C\C/C=C\C/C=C\C/C=C\CCCCCCCCCCC(=O)OC(CO)COC(=O)CCCCC/C=C\C/C=C\C/C=C\C/C=C\C/C=C\CC. The number of carbonyl (C=O) groups excluding carboxylic acids is 2. The van der Waals surface area contributed by atoms with E-state index < -0.39 is 6.10 Å². The van der Waals surface area contributed by atoms with E-state index in [9.17, 15) is 14.7 Å². The van der Waals surface area contributed by atoms with Crippen LogP contribution in [0.25, 0.3) is 0 Å². The molecule has 1 N–H and O–H groups in total. The highest BCUT2D eigenvalue weighted by atomic mass is 16.6. The van der Waals surface area contributed by atoms with Gasteiger partial charge in [-0.05, 0) is 122 Å². The van der Waals surface area contributed by atoms with E-state index in [4.69, 9.17) is 9.47 Å². The first-order valence-corrected chi connectivity index (χ1v) is 26.0. The lowest BCUT2D eigenvalue weighted by atomic mass is 10.1. The normalized spacial score (nSPS) is 13.6. The second kappa shape index (κ2) is 54.9. The van der Waals surface area contributed by atoms with E-state index in [0.29, 0.717) is 12.8 Å². The number of carbonyl (C=O) groups is 2. The second-order valence-electron chi connectivity index (χ2n) is 16.5. The third kappa shape index (κ3) is 52.1. The fraction of sp³-hybridized carbons (Fsp3) is 0.541. The van der Waals surface area contributed by atoms with E-state index in [-0.39, 0.29) is 25.2 Å². The van der Waals surface area contributed by atoms with Gasteiger partial charge in [0, 0.05) is 12.8 Å². The van der Waals surface area contributed by atoms with Gasteiger partial charge in [-0.3, -0.25) is 9.59 Å². The van der Waals surface area contributed by atoms with E-state index in [0.717, 1.165) is 135 Å². The van der Waals surface area contributed by atoms with E-state index in [1.807, 2.05) is 0 Å². The highest BCUT2D eigenvalue weighted by Crippen LogP contribution is 2.12. The molecule has 0 saturated carbocycles. The highest BCUT2D eigenvalue weighted by Gasteiger charge is 2.16. The molecule has 0 rings (SSSR count). The van der Waals surface area contributed by atoms with Gasteiger partial charge >= 0.3 is 11.9 Å².